The Morgan fingerprint density at radius 2 is 2.17 bits per heavy atom. The molecule has 0 saturated carbocycles. The van der Waals surface area contributed by atoms with Crippen LogP contribution in [0.1, 0.15) is 38.2 Å². The van der Waals surface area contributed by atoms with Crippen LogP contribution in [-0.4, -0.2) is 35.6 Å². The molecule has 1 aliphatic heterocycles. The van der Waals surface area contributed by atoms with Crippen molar-refractivity contribution >= 4 is 32.7 Å². The molecule has 6 nitrogen and oxygen atoms in total. The van der Waals surface area contributed by atoms with Crippen molar-refractivity contribution in [1.82, 2.24) is 15.3 Å². The van der Waals surface area contributed by atoms with Crippen LogP contribution in [0.5, 0.6) is 5.75 Å². The van der Waals surface area contributed by atoms with E-state index < -0.39 is 0 Å². The highest BCUT2D eigenvalue weighted by Gasteiger charge is 2.27. The van der Waals surface area contributed by atoms with Crippen LogP contribution in [0, 0.1) is 5.92 Å². The van der Waals surface area contributed by atoms with Gasteiger partial charge in [-0.3, -0.25) is 4.79 Å². The number of hydrogen-bond donors (Lipinski definition) is 1. The van der Waals surface area contributed by atoms with E-state index in [2.05, 4.69) is 22.1 Å². The van der Waals surface area contributed by atoms with Crippen LogP contribution in [-0.2, 0) is 11.3 Å². The normalized spacial score (nSPS) is 16.6. The lowest BCUT2D eigenvalue weighted by Crippen LogP contribution is -2.42. The zero-order chi connectivity index (χ0) is 20.8. The van der Waals surface area contributed by atoms with Gasteiger partial charge in [0.2, 0.25) is 5.91 Å². The SMILES string of the molecule is CCCCOc1ccc(CNC(=O)[C@H]2CCCN(c3nc4cccnc4s3)C2)cc1. The predicted molar refractivity (Wildman–Crippen MR) is 121 cm³/mol. The zero-order valence-corrected chi connectivity index (χ0v) is 18.2. The molecule has 0 bridgehead atoms. The van der Waals surface area contributed by atoms with Gasteiger partial charge < -0.3 is 15.0 Å². The maximum Gasteiger partial charge on any atom is 0.225 e. The minimum absolute atomic E-state index is 0.0182. The number of pyridine rings is 1. The molecule has 158 valence electrons. The molecule has 1 fully saturated rings. The Kier molecular flexibility index (Phi) is 6.79. The summed E-state index contributed by atoms with van der Waals surface area (Å²) in [6.07, 6.45) is 5.88. The van der Waals surface area contributed by atoms with E-state index in [4.69, 9.17) is 9.72 Å². The fourth-order valence-corrected chi connectivity index (χ4v) is 4.57. The van der Waals surface area contributed by atoms with Crippen molar-refractivity contribution in [3.8, 4) is 5.75 Å². The monoisotopic (exact) mass is 424 g/mol. The van der Waals surface area contributed by atoms with Gasteiger partial charge in [0.25, 0.3) is 0 Å². The zero-order valence-electron chi connectivity index (χ0n) is 17.3. The topological polar surface area (TPSA) is 67.3 Å². The number of unbranched alkanes of at least 4 members (excludes halogenated alkanes) is 1. The third-order valence-electron chi connectivity index (χ3n) is 5.37. The summed E-state index contributed by atoms with van der Waals surface area (Å²) in [6.45, 7) is 5.07. The van der Waals surface area contributed by atoms with Gasteiger partial charge in [-0.05, 0) is 49.1 Å². The van der Waals surface area contributed by atoms with E-state index in [0.717, 1.165) is 65.6 Å². The van der Waals surface area contributed by atoms with E-state index in [1.165, 1.54) is 0 Å². The second-order valence-electron chi connectivity index (χ2n) is 7.67. The third kappa shape index (κ3) is 5.08. The molecule has 1 N–H and O–H groups in total. The summed E-state index contributed by atoms with van der Waals surface area (Å²) in [5.74, 6) is 0.976. The largest absolute Gasteiger partial charge is 0.494 e. The lowest BCUT2D eigenvalue weighted by Gasteiger charge is -2.31. The minimum Gasteiger partial charge on any atom is -0.494 e. The van der Waals surface area contributed by atoms with Gasteiger partial charge in [-0.25, -0.2) is 9.97 Å². The summed E-state index contributed by atoms with van der Waals surface area (Å²) in [4.78, 5) is 25.0. The van der Waals surface area contributed by atoms with Gasteiger partial charge >= 0.3 is 0 Å². The molecular formula is C23H28N4O2S. The van der Waals surface area contributed by atoms with E-state index in [9.17, 15) is 4.79 Å². The Labute approximate surface area is 181 Å². The van der Waals surface area contributed by atoms with Crippen molar-refractivity contribution in [3.05, 3.63) is 48.2 Å². The smallest absolute Gasteiger partial charge is 0.225 e. The van der Waals surface area contributed by atoms with Gasteiger partial charge in [0, 0.05) is 25.8 Å². The average molecular weight is 425 g/mol. The molecule has 0 aliphatic carbocycles. The number of thiazole rings is 1. The Morgan fingerprint density at radius 1 is 1.30 bits per heavy atom. The molecule has 0 spiro atoms. The Hall–Kier alpha value is -2.67. The first-order valence-electron chi connectivity index (χ1n) is 10.7. The average Bonchev–Trinajstić information content (AvgIpc) is 3.23. The summed E-state index contributed by atoms with van der Waals surface area (Å²) in [6, 6.07) is 11.9. The fourth-order valence-electron chi connectivity index (χ4n) is 3.63. The maximum absolute atomic E-state index is 12.8. The number of aromatic nitrogens is 2. The van der Waals surface area contributed by atoms with Gasteiger partial charge in [-0.2, -0.15) is 0 Å². The van der Waals surface area contributed by atoms with Gasteiger partial charge in [-0.15, -0.1) is 0 Å². The number of carbonyl (C=O) groups excluding carboxylic acids is 1. The molecule has 7 heteroatoms. The summed E-state index contributed by atoms with van der Waals surface area (Å²) in [5, 5.41) is 4.06. The standard InChI is InChI=1S/C23H28N4O2S/c1-2-3-14-29-19-10-8-17(9-11-19)15-25-21(28)18-6-5-13-27(16-18)23-26-20-7-4-12-24-22(20)30-23/h4,7-12,18H,2-3,5-6,13-16H2,1H3,(H,25,28)/t18-/m0/s1. The van der Waals surface area contributed by atoms with E-state index in [1.54, 1.807) is 17.5 Å². The van der Waals surface area contributed by atoms with E-state index >= 15 is 0 Å². The summed E-state index contributed by atoms with van der Waals surface area (Å²) < 4.78 is 5.70. The number of rotatable bonds is 8. The number of nitrogens with one attached hydrogen (secondary N) is 1. The summed E-state index contributed by atoms with van der Waals surface area (Å²) >= 11 is 1.60. The van der Waals surface area contributed by atoms with Crippen molar-refractivity contribution < 1.29 is 9.53 Å². The van der Waals surface area contributed by atoms with Crippen LogP contribution in [0.15, 0.2) is 42.6 Å². The first-order valence-corrected chi connectivity index (χ1v) is 11.5. The molecule has 1 amide bonds. The lowest BCUT2D eigenvalue weighted by molar-refractivity contribution is -0.125. The molecule has 1 aromatic carbocycles. The Morgan fingerprint density at radius 3 is 2.97 bits per heavy atom. The minimum atomic E-state index is -0.0182. The number of fused-ring (bicyclic) bond motifs is 1. The van der Waals surface area contributed by atoms with E-state index in [-0.39, 0.29) is 11.8 Å². The van der Waals surface area contributed by atoms with Crippen molar-refractivity contribution in [2.24, 2.45) is 5.92 Å². The highest BCUT2D eigenvalue weighted by Crippen LogP contribution is 2.30. The first-order chi connectivity index (χ1) is 14.7. The van der Waals surface area contributed by atoms with Crippen molar-refractivity contribution in [2.75, 3.05) is 24.6 Å². The van der Waals surface area contributed by atoms with E-state index in [0.29, 0.717) is 13.1 Å². The van der Waals surface area contributed by atoms with Gasteiger partial charge in [0.05, 0.1) is 12.5 Å². The predicted octanol–water partition coefficient (Wildman–Crippen LogP) is 4.40. The summed E-state index contributed by atoms with van der Waals surface area (Å²) in [5.41, 5.74) is 2.00. The number of anilines is 1. The molecule has 0 radical (unpaired) electrons. The highest BCUT2D eigenvalue weighted by molar-refractivity contribution is 7.21. The van der Waals surface area contributed by atoms with Crippen LogP contribution in [0.25, 0.3) is 10.3 Å². The van der Waals surface area contributed by atoms with E-state index in [1.807, 2.05) is 36.4 Å². The number of amides is 1. The highest BCUT2D eigenvalue weighted by atomic mass is 32.1. The second kappa shape index (κ2) is 9.89. The molecule has 4 rings (SSSR count). The number of ether oxygens (including phenoxy) is 1. The van der Waals surface area contributed by atoms with Gasteiger partial charge in [0.1, 0.15) is 16.1 Å². The van der Waals surface area contributed by atoms with Crippen LogP contribution in [0.2, 0.25) is 0 Å². The number of carbonyl (C=O) groups is 1. The Bertz CT molecular complexity index is 940. The maximum atomic E-state index is 12.8. The lowest BCUT2D eigenvalue weighted by atomic mass is 9.97. The molecule has 0 unspecified atom stereocenters. The molecule has 1 saturated heterocycles. The summed E-state index contributed by atoms with van der Waals surface area (Å²) in [7, 11) is 0. The van der Waals surface area contributed by atoms with Crippen LogP contribution in [0.4, 0.5) is 5.13 Å². The second-order valence-corrected chi connectivity index (χ2v) is 8.63. The number of piperidine rings is 1. The van der Waals surface area contributed by atoms with Gasteiger partial charge in [0.15, 0.2) is 5.13 Å². The third-order valence-corrected chi connectivity index (χ3v) is 6.41. The van der Waals surface area contributed by atoms with Crippen molar-refractivity contribution in [2.45, 2.75) is 39.2 Å². The number of benzene rings is 1. The molecule has 2 aromatic heterocycles. The number of hydrogen-bond acceptors (Lipinski definition) is 6. The number of nitrogens with zero attached hydrogens (tertiary/aromatic N) is 3. The first kappa shape index (κ1) is 20.6. The molecule has 3 aromatic rings. The fraction of sp³-hybridized carbons (Fsp3) is 0.435. The molecule has 30 heavy (non-hydrogen) atoms. The quantitative estimate of drug-likeness (QED) is 0.543. The van der Waals surface area contributed by atoms with Crippen molar-refractivity contribution in [1.29, 1.82) is 0 Å². The molecule has 1 aliphatic rings. The van der Waals surface area contributed by atoms with Crippen LogP contribution >= 0.6 is 11.3 Å². The molecule has 1 atom stereocenters. The van der Waals surface area contributed by atoms with Crippen LogP contribution in [0.3, 0.4) is 0 Å². The Balaban J connectivity index is 1.30. The van der Waals surface area contributed by atoms with Crippen molar-refractivity contribution in [3.63, 3.8) is 0 Å². The van der Waals surface area contributed by atoms with Gasteiger partial charge in [-0.1, -0.05) is 36.8 Å². The molecule has 3 heterocycles. The molecular weight excluding hydrogens is 396 g/mol. The van der Waals surface area contributed by atoms with Crippen LogP contribution < -0.4 is 15.0 Å².